The van der Waals surface area contributed by atoms with Gasteiger partial charge in [-0.25, -0.2) is 14.9 Å². The van der Waals surface area contributed by atoms with E-state index in [1.807, 2.05) is 6.92 Å². The Morgan fingerprint density at radius 1 is 1.43 bits per heavy atom. The van der Waals surface area contributed by atoms with Crippen LogP contribution in [0.4, 0.5) is 15.9 Å². The second-order valence-corrected chi connectivity index (χ2v) is 4.77. The van der Waals surface area contributed by atoms with Gasteiger partial charge in [0.05, 0.1) is 24.5 Å². The van der Waals surface area contributed by atoms with Crippen LogP contribution in [0.5, 0.6) is 0 Å². The summed E-state index contributed by atoms with van der Waals surface area (Å²) in [7, 11) is 5.86. The van der Waals surface area contributed by atoms with Gasteiger partial charge in [-0.05, 0) is 30.7 Å². The Bertz CT molecular complexity index is 712. The molecule has 1 heterocycles. The van der Waals surface area contributed by atoms with Crippen molar-refractivity contribution in [2.75, 3.05) is 18.5 Å². The number of hydrogen-bond donors (Lipinski definition) is 3. The zero-order chi connectivity index (χ0) is 16.8. The van der Waals surface area contributed by atoms with Crippen LogP contribution in [-0.4, -0.2) is 37.1 Å². The van der Waals surface area contributed by atoms with Gasteiger partial charge in [-0.3, -0.25) is 9.63 Å². The highest BCUT2D eigenvalue weighted by molar-refractivity contribution is 6.35. The zero-order valence-corrected chi connectivity index (χ0v) is 12.5. The first-order valence-electron chi connectivity index (χ1n) is 6.83. The van der Waals surface area contributed by atoms with Gasteiger partial charge in [-0.1, -0.05) is 11.5 Å². The Labute approximate surface area is 134 Å². The van der Waals surface area contributed by atoms with Crippen molar-refractivity contribution < 1.29 is 19.1 Å². The normalized spacial score (nSPS) is 10.4. The maximum absolute atomic E-state index is 13.5. The van der Waals surface area contributed by atoms with E-state index in [1.54, 1.807) is 12.3 Å². The largest absolute Gasteiger partial charge is 0.394 e. The highest BCUT2D eigenvalue weighted by Gasteiger charge is 2.14. The Morgan fingerprint density at radius 2 is 2.22 bits per heavy atom. The van der Waals surface area contributed by atoms with Crippen LogP contribution in [0.15, 0.2) is 30.5 Å². The van der Waals surface area contributed by atoms with Crippen LogP contribution in [-0.2, 0) is 4.84 Å². The summed E-state index contributed by atoms with van der Waals surface area (Å²) in [6, 6.07) is 5.32. The number of hydroxylamine groups is 1. The van der Waals surface area contributed by atoms with Crippen molar-refractivity contribution in [2.24, 2.45) is 0 Å². The summed E-state index contributed by atoms with van der Waals surface area (Å²) in [6.07, 6.45) is 1.60. The smallest absolute Gasteiger partial charge is 0.276 e. The summed E-state index contributed by atoms with van der Waals surface area (Å²) in [5.41, 5.74) is 3.74. The Balaban J connectivity index is 2.26. The molecule has 2 rings (SSSR count). The molecule has 6 nitrogen and oxygen atoms in total. The van der Waals surface area contributed by atoms with Crippen molar-refractivity contribution in [1.82, 2.24) is 10.5 Å². The lowest BCUT2D eigenvalue weighted by molar-refractivity contribution is 0.0169. The van der Waals surface area contributed by atoms with Crippen molar-refractivity contribution in [2.45, 2.75) is 6.92 Å². The molecule has 0 fully saturated rings. The first-order chi connectivity index (χ1) is 11.0. The zero-order valence-electron chi connectivity index (χ0n) is 12.5. The molecule has 23 heavy (non-hydrogen) atoms. The van der Waals surface area contributed by atoms with Gasteiger partial charge in [0.2, 0.25) is 0 Å². The number of anilines is 2. The van der Waals surface area contributed by atoms with Gasteiger partial charge >= 0.3 is 0 Å². The maximum Gasteiger partial charge on any atom is 0.276 e. The predicted molar refractivity (Wildman–Crippen MR) is 84.5 cm³/mol. The molecule has 0 bridgehead atoms. The van der Waals surface area contributed by atoms with Gasteiger partial charge in [-0.2, -0.15) is 0 Å². The number of halogens is 1. The van der Waals surface area contributed by atoms with E-state index in [2.05, 4.69) is 15.8 Å². The molecule has 0 spiro atoms. The molecule has 0 saturated carbocycles. The third-order valence-corrected chi connectivity index (χ3v) is 2.89. The molecule has 0 aliphatic heterocycles. The van der Waals surface area contributed by atoms with Crippen LogP contribution in [0.25, 0.3) is 0 Å². The van der Waals surface area contributed by atoms with E-state index in [-0.39, 0.29) is 24.5 Å². The van der Waals surface area contributed by atoms with E-state index in [9.17, 15) is 9.18 Å². The monoisotopic (exact) mass is 315 g/mol. The number of amides is 1. The summed E-state index contributed by atoms with van der Waals surface area (Å²) in [4.78, 5) is 20.9. The predicted octanol–water partition coefficient (Wildman–Crippen LogP) is 0.720. The molecule has 0 aliphatic rings. The number of pyridine rings is 1. The van der Waals surface area contributed by atoms with Crippen molar-refractivity contribution in [3.8, 4) is 0 Å². The fourth-order valence-electron chi connectivity index (χ4n) is 1.86. The summed E-state index contributed by atoms with van der Waals surface area (Å²) >= 11 is 0. The summed E-state index contributed by atoms with van der Waals surface area (Å²) in [5.74, 6) is -0.802. The number of aryl methyl sites for hydroxylation is 1. The lowest BCUT2D eigenvalue weighted by Gasteiger charge is -2.14. The Kier molecular flexibility index (Phi) is 5.67. The minimum absolute atomic E-state index is 0.0534. The molecule has 118 valence electrons. The number of rotatable bonds is 6. The average Bonchev–Trinajstić information content (AvgIpc) is 2.50. The number of aromatic nitrogens is 1. The third kappa shape index (κ3) is 4.51. The highest BCUT2D eigenvalue weighted by Crippen LogP contribution is 2.20. The van der Waals surface area contributed by atoms with Crippen molar-refractivity contribution >= 4 is 30.7 Å². The van der Waals surface area contributed by atoms with Crippen molar-refractivity contribution in [1.29, 1.82) is 0 Å². The van der Waals surface area contributed by atoms with E-state index in [0.29, 0.717) is 11.3 Å². The lowest BCUT2D eigenvalue weighted by atomic mass is 9.95. The standard InChI is InChI=1S/C15H15BFN3O3/c1-9-6-12(16)14(18-8-9)19-13-7-10(17)2-3-11(13)15(22)20-23-5-4-21/h2-3,6-8,21H,4-5H2,1H3,(H,18,19)(H,20,22). The molecule has 8 heteroatoms. The molecule has 1 aromatic heterocycles. The molecular weight excluding hydrogens is 300 g/mol. The van der Waals surface area contributed by atoms with Gasteiger partial charge in [0.15, 0.2) is 0 Å². The van der Waals surface area contributed by atoms with Gasteiger partial charge in [0.1, 0.15) is 19.5 Å². The lowest BCUT2D eigenvalue weighted by Crippen LogP contribution is -2.26. The van der Waals surface area contributed by atoms with Gasteiger partial charge in [0.25, 0.3) is 5.91 Å². The van der Waals surface area contributed by atoms with E-state index in [1.165, 1.54) is 6.07 Å². The molecule has 2 radical (unpaired) electrons. The summed E-state index contributed by atoms with van der Waals surface area (Å²) in [5, 5.41) is 11.5. The fraction of sp³-hybridized carbons (Fsp3) is 0.200. The SMILES string of the molecule is [B]c1cc(C)cnc1Nc1cc(F)ccc1C(=O)NOCCO. The number of aliphatic hydroxyl groups excluding tert-OH is 1. The number of nitrogens with one attached hydrogen (secondary N) is 2. The second kappa shape index (κ2) is 7.71. The number of nitrogens with zero attached hydrogens (tertiary/aromatic N) is 1. The molecule has 0 unspecified atom stereocenters. The van der Waals surface area contributed by atoms with Gasteiger partial charge in [0, 0.05) is 6.20 Å². The first-order valence-corrected chi connectivity index (χ1v) is 6.83. The van der Waals surface area contributed by atoms with E-state index < -0.39 is 11.7 Å². The Morgan fingerprint density at radius 3 is 2.91 bits per heavy atom. The van der Waals surface area contributed by atoms with Crippen molar-refractivity contribution in [3.05, 3.63) is 47.4 Å². The molecule has 1 amide bonds. The summed E-state index contributed by atoms with van der Waals surface area (Å²) < 4.78 is 13.5. The minimum Gasteiger partial charge on any atom is -0.394 e. The molecule has 3 N–H and O–H groups in total. The second-order valence-electron chi connectivity index (χ2n) is 4.77. The number of hydrogen-bond acceptors (Lipinski definition) is 5. The highest BCUT2D eigenvalue weighted by atomic mass is 19.1. The first kappa shape index (κ1) is 16.9. The van der Waals surface area contributed by atoms with Crippen LogP contribution in [0.2, 0.25) is 0 Å². The van der Waals surface area contributed by atoms with Crippen LogP contribution in [0.1, 0.15) is 15.9 Å². The topological polar surface area (TPSA) is 83.5 Å². The van der Waals surface area contributed by atoms with Gasteiger partial charge in [-0.15, -0.1) is 0 Å². The average molecular weight is 315 g/mol. The van der Waals surface area contributed by atoms with Gasteiger partial charge < -0.3 is 10.4 Å². The Hall–Kier alpha value is -2.45. The van der Waals surface area contributed by atoms with Crippen LogP contribution in [0, 0.1) is 12.7 Å². The molecule has 0 atom stereocenters. The van der Waals surface area contributed by atoms with E-state index in [4.69, 9.17) is 17.8 Å². The fourth-order valence-corrected chi connectivity index (χ4v) is 1.86. The van der Waals surface area contributed by atoms with E-state index in [0.717, 1.165) is 17.7 Å². The molecule has 0 aliphatic carbocycles. The van der Waals surface area contributed by atoms with Crippen molar-refractivity contribution in [3.63, 3.8) is 0 Å². The summed E-state index contributed by atoms with van der Waals surface area (Å²) in [6.45, 7) is 1.55. The quantitative estimate of drug-likeness (QED) is 0.416. The number of benzene rings is 1. The number of carbonyl (C=O) groups excluding carboxylic acids is 1. The number of aliphatic hydroxyl groups is 1. The molecular formula is C15H15BFN3O3. The maximum atomic E-state index is 13.5. The van der Waals surface area contributed by atoms with E-state index >= 15 is 0 Å². The molecule has 1 aromatic carbocycles. The van der Waals surface area contributed by atoms with Crippen LogP contribution in [0.3, 0.4) is 0 Å². The van der Waals surface area contributed by atoms with Crippen LogP contribution < -0.4 is 16.3 Å². The third-order valence-electron chi connectivity index (χ3n) is 2.89. The van der Waals surface area contributed by atoms with Crippen LogP contribution >= 0.6 is 0 Å². The number of carbonyl (C=O) groups is 1. The minimum atomic E-state index is -0.591. The molecule has 0 saturated heterocycles. The molecule has 2 aromatic rings.